The van der Waals surface area contributed by atoms with Crippen molar-refractivity contribution in [2.75, 3.05) is 0 Å². The molecule has 3 rings (SSSR count). The molecule has 1 aromatic carbocycles. The van der Waals surface area contributed by atoms with Crippen molar-refractivity contribution in [2.45, 2.75) is 32.3 Å². The van der Waals surface area contributed by atoms with Gasteiger partial charge in [0.2, 0.25) is 5.88 Å². The lowest BCUT2D eigenvalue weighted by molar-refractivity contribution is 0.166. The van der Waals surface area contributed by atoms with E-state index in [1.54, 1.807) is 12.1 Å². The Morgan fingerprint density at radius 1 is 1.33 bits per heavy atom. The number of aliphatic hydroxyl groups is 1. The average Bonchev–Trinajstić information content (AvgIpc) is 2.45. The van der Waals surface area contributed by atoms with Crippen LogP contribution in [-0.2, 0) is 6.42 Å². The molecule has 0 saturated carbocycles. The summed E-state index contributed by atoms with van der Waals surface area (Å²) in [6, 6.07) is 5.41. The summed E-state index contributed by atoms with van der Waals surface area (Å²) >= 11 is 0. The Morgan fingerprint density at radius 3 is 2.90 bits per heavy atom. The van der Waals surface area contributed by atoms with Crippen molar-refractivity contribution in [2.24, 2.45) is 0 Å². The molecule has 3 N–H and O–H groups in total. The highest BCUT2D eigenvalue weighted by Crippen LogP contribution is 2.34. The molecule has 6 nitrogen and oxygen atoms in total. The zero-order chi connectivity index (χ0) is 15.0. The molecule has 0 radical (unpaired) electrons. The van der Waals surface area contributed by atoms with E-state index in [1.807, 2.05) is 13.0 Å². The van der Waals surface area contributed by atoms with Crippen LogP contribution in [0.15, 0.2) is 27.8 Å². The number of H-pyrrole nitrogens is 2. The highest BCUT2D eigenvalue weighted by molar-refractivity contribution is 5.47. The van der Waals surface area contributed by atoms with Gasteiger partial charge in [0.1, 0.15) is 5.75 Å². The number of hydrogen-bond acceptors (Lipinski definition) is 4. The largest absolute Gasteiger partial charge is 0.440 e. The Bertz CT molecular complexity index is 791. The molecule has 1 aromatic heterocycles. The second-order valence-electron chi connectivity index (χ2n) is 5.17. The van der Waals surface area contributed by atoms with E-state index in [0.717, 1.165) is 17.5 Å². The number of fused-ring (bicyclic) bond motifs is 2. The number of rotatable bonds is 3. The Labute approximate surface area is 120 Å². The lowest BCUT2D eigenvalue weighted by Crippen LogP contribution is -2.28. The van der Waals surface area contributed by atoms with Gasteiger partial charge < -0.3 is 9.84 Å². The summed E-state index contributed by atoms with van der Waals surface area (Å²) in [5, 5.41) is 10.1. The smallest absolute Gasteiger partial charge is 0.328 e. The number of aromatic nitrogens is 2. The van der Waals surface area contributed by atoms with Crippen molar-refractivity contribution in [1.82, 2.24) is 9.97 Å². The second kappa shape index (κ2) is 5.21. The van der Waals surface area contributed by atoms with Crippen molar-refractivity contribution in [1.29, 1.82) is 0 Å². The van der Waals surface area contributed by atoms with Gasteiger partial charge in [-0.3, -0.25) is 14.8 Å². The van der Waals surface area contributed by atoms with E-state index < -0.39 is 17.4 Å². The van der Waals surface area contributed by atoms with Crippen molar-refractivity contribution in [3.63, 3.8) is 0 Å². The van der Waals surface area contributed by atoms with E-state index in [4.69, 9.17) is 4.74 Å². The van der Waals surface area contributed by atoms with Gasteiger partial charge in [-0.25, -0.2) is 4.79 Å². The third kappa shape index (κ3) is 2.50. The number of ether oxygens (including phenoxy) is 1. The van der Waals surface area contributed by atoms with E-state index in [0.29, 0.717) is 24.2 Å². The lowest BCUT2D eigenvalue weighted by Gasteiger charge is -2.20. The van der Waals surface area contributed by atoms with Crippen molar-refractivity contribution in [3.05, 3.63) is 55.7 Å². The van der Waals surface area contributed by atoms with Gasteiger partial charge in [0.15, 0.2) is 0 Å². The fourth-order valence-electron chi connectivity index (χ4n) is 2.52. The highest BCUT2D eigenvalue weighted by Gasteiger charge is 2.22. The van der Waals surface area contributed by atoms with Crippen LogP contribution in [0.25, 0.3) is 0 Å². The molecular weight excluding hydrogens is 272 g/mol. The summed E-state index contributed by atoms with van der Waals surface area (Å²) in [4.78, 5) is 27.8. The fraction of sp³-hybridized carbons (Fsp3) is 0.333. The fourth-order valence-corrected chi connectivity index (χ4v) is 2.52. The molecule has 0 bridgehead atoms. The molecule has 6 heteroatoms. The van der Waals surface area contributed by atoms with Crippen LogP contribution >= 0.6 is 0 Å². The van der Waals surface area contributed by atoms with Crippen molar-refractivity contribution < 1.29 is 9.84 Å². The van der Waals surface area contributed by atoms with Crippen molar-refractivity contribution >= 4 is 0 Å². The monoisotopic (exact) mass is 288 g/mol. The van der Waals surface area contributed by atoms with Gasteiger partial charge in [0.25, 0.3) is 5.56 Å². The van der Waals surface area contributed by atoms with Crippen LogP contribution in [0.2, 0.25) is 0 Å². The third-order valence-electron chi connectivity index (χ3n) is 3.61. The molecule has 2 aromatic rings. The lowest BCUT2D eigenvalue weighted by atomic mass is 9.97. The van der Waals surface area contributed by atoms with Gasteiger partial charge in [-0.1, -0.05) is 19.4 Å². The Morgan fingerprint density at radius 2 is 2.14 bits per heavy atom. The summed E-state index contributed by atoms with van der Waals surface area (Å²) in [7, 11) is 0. The third-order valence-corrected chi connectivity index (χ3v) is 3.61. The van der Waals surface area contributed by atoms with Crippen LogP contribution in [0.4, 0.5) is 0 Å². The number of aromatic amines is 2. The summed E-state index contributed by atoms with van der Waals surface area (Å²) in [5.74, 6) is 0.786. The predicted molar refractivity (Wildman–Crippen MR) is 76.9 cm³/mol. The number of nitrogens with one attached hydrogen (secondary N) is 2. The zero-order valence-corrected chi connectivity index (χ0v) is 11.6. The van der Waals surface area contributed by atoms with Gasteiger partial charge in [0.05, 0.1) is 11.7 Å². The number of aliphatic hydroxyl groups excluding tert-OH is 1. The van der Waals surface area contributed by atoms with E-state index in [9.17, 15) is 14.7 Å². The minimum atomic E-state index is -0.586. The SMILES string of the molecule is CCCC(O)c1ccc2c(c1)Cc1c([nH]c(=O)[nH]c1=O)O2. The first kappa shape index (κ1) is 13.6. The van der Waals surface area contributed by atoms with Crippen LogP contribution in [0.5, 0.6) is 11.6 Å². The van der Waals surface area contributed by atoms with E-state index in [-0.39, 0.29) is 5.88 Å². The summed E-state index contributed by atoms with van der Waals surface area (Å²) in [6.07, 6.45) is 1.42. The van der Waals surface area contributed by atoms with Gasteiger partial charge >= 0.3 is 5.69 Å². The molecule has 0 amide bonds. The predicted octanol–water partition coefficient (Wildman–Crippen LogP) is 1.59. The standard InChI is InChI=1S/C15H16N2O4/c1-2-3-11(18)8-4-5-12-9(6-8)7-10-13(19)16-15(20)17-14(10)21-12/h4-6,11,18H,2-3,7H2,1H3,(H2,16,17,19,20). The van der Waals surface area contributed by atoms with Crippen LogP contribution in [0.3, 0.4) is 0 Å². The first-order valence-electron chi connectivity index (χ1n) is 6.92. The minimum Gasteiger partial charge on any atom is -0.440 e. The Balaban J connectivity index is 2.00. The van der Waals surface area contributed by atoms with Gasteiger partial charge in [-0.05, 0) is 24.1 Å². The average molecular weight is 288 g/mol. The molecule has 1 aliphatic heterocycles. The van der Waals surface area contributed by atoms with Crippen LogP contribution in [0, 0.1) is 0 Å². The van der Waals surface area contributed by atoms with Gasteiger partial charge in [-0.2, -0.15) is 0 Å². The molecule has 2 heterocycles. The maximum Gasteiger partial charge on any atom is 0.328 e. The summed E-state index contributed by atoms with van der Waals surface area (Å²) < 4.78 is 5.58. The first-order valence-corrected chi connectivity index (χ1v) is 6.92. The number of hydrogen-bond donors (Lipinski definition) is 3. The molecule has 1 unspecified atom stereocenters. The maximum absolute atomic E-state index is 11.8. The topological polar surface area (TPSA) is 95.2 Å². The quantitative estimate of drug-likeness (QED) is 0.682. The molecular formula is C15H16N2O4. The van der Waals surface area contributed by atoms with E-state index >= 15 is 0 Å². The minimum absolute atomic E-state index is 0.193. The van der Waals surface area contributed by atoms with Crippen LogP contribution < -0.4 is 16.0 Å². The van der Waals surface area contributed by atoms with E-state index in [1.165, 1.54) is 0 Å². The first-order chi connectivity index (χ1) is 10.1. The Hall–Kier alpha value is -2.34. The zero-order valence-electron chi connectivity index (χ0n) is 11.6. The van der Waals surface area contributed by atoms with Crippen LogP contribution in [-0.4, -0.2) is 15.1 Å². The molecule has 0 aliphatic carbocycles. The second-order valence-corrected chi connectivity index (χ2v) is 5.17. The normalized spacial score (nSPS) is 14.0. The molecule has 1 atom stereocenters. The molecule has 0 fully saturated rings. The molecule has 110 valence electrons. The highest BCUT2D eigenvalue weighted by atomic mass is 16.5. The summed E-state index contributed by atoms with van der Waals surface area (Å²) in [5.41, 5.74) is 0.997. The molecule has 0 spiro atoms. The van der Waals surface area contributed by atoms with Gasteiger partial charge in [-0.15, -0.1) is 0 Å². The Kier molecular flexibility index (Phi) is 3.39. The van der Waals surface area contributed by atoms with Crippen molar-refractivity contribution in [3.8, 4) is 11.6 Å². The van der Waals surface area contributed by atoms with E-state index in [2.05, 4.69) is 9.97 Å². The number of benzene rings is 1. The molecule has 0 saturated heterocycles. The maximum atomic E-state index is 11.8. The molecule has 21 heavy (non-hydrogen) atoms. The summed E-state index contributed by atoms with van der Waals surface area (Å²) in [6.45, 7) is 2.01. The van der Waals surface area contributed by atoms with Crippen LogP contribution in [0.1, 0.15) is 42.6 Å². The molecule has 1 aliphatic rings. The van der Waals surface area contributed by atoms with Gasteiger partial charge in [0, 0.05) is 12.0 Å².